The molecule has 2 aromatic carbocycles. The Balaban J connectivity index is 1.50. The van der Waals surface area contributed by atoms with Gasteiger partial charge in [-0.3, -0.25) is 0 Å². The summed E-state index contributed by atoms with van der Waals surface area (Å²) in [4.78, 5) is 0. The smallest absolute Gasteiger partial charge is 0.118 e. The SMILES string of the molecule is C=C[C@@H]1O[C@H]([C@@H](OCc2ccccc2)[C@@H]2O[C@H]2C=C)[C@@H](O)[C@H](OCc2ccc(OC)cc2)[C@H]1O. The van der Waals surface area contributed by atoms with E-state index in [0.29, 0.717) is 6.61 Å². The number of methoxy groups -OCH3 is 1. The van der Waals surface area contributed by atoms with Gasteiger partial charge in [0, 0.05) is 0 Å². The Morgan fingerprint density at radius 3 is 2.12 bits per heavy atom. The summed E-state index contributed by atoms with van der Waals surface area (Å²) < 4.78 is 29.2. The molecule has 182 valence electrons. The standard InChI is InChI=1S/C27H32O7/c1-4-20-22(28)25(31-16-18-11-13-19(30-3)14-12-18)23(29)26(33-20)27(24-21(5-2)34-24)32-15-17-9-7-6-8-10-17/h4-14,20-29H,1-2,15-16H2,3H3/t20-,21-,22-,23-,24+,25+,26-,27-/m0/s1. The van der Waals surface area contributed by atoms with Gasteiger partial charge in [0.05, 0.1) is 20.3 Å². The number of hydrogen-bond donors (Lipinski definition) is 2. The molecule has 0 unspecified atom stereocenters. The largest absolute Gasteiger partial charge is 0.497 e. The van der Waals surface area contributed by atoms with Gasteiger partial charge in [0.25, 0.3) is 0 Å². The van der Waals surface area contributed by atoms with E-state index in [0.717, 1.165) is 16.9 Å². The van der Waals surface area contributed by atoms with Crippen LogP contribution in [0.15, 0.2) is 79.9 Å². The van der Waals surface area contributed by atoms with E-state index in [1.807, 2.05) is 54.6 Å². The molecule has 8 atom stereocenters. The highest BCUT2D eigenvalue weighted by atomic mass is 16.6. The summed E-state index contributed by atoms with van der Waals surface area (Å²) in [5.74, 6) is 0.737. The molecular weight excluding hydrogens is 436 g/mol. The highest BCUT2D eigenvalue weighted by molar-refractivity contribution is 5.26. The van der Waals surface area contributed by atoms with Crippen molar-refractivity contribution in [3.8, 4) is 5.75 Å². The maximum absolute atomic E-state index is 11.3. The zero-order valence-electron chi connectivity index (χ0n) is 19.2. The molecule has 0 saturated carbocycles. The minimum Gasteiger partial charge on any atom is -0.497 e. The van der Waals surface area contributed by atoms with Gasteiger partial charge in [-0.25, -0.2) is 0 Å². The Hall–Kier alpha value is -2.52. The lowest BCUT2D eigenvalue weighted by molar-refractivity contribution is -0.253. The number of rotatable bonds is 11. The van der Waals surface area contributed by atoms with Crippen molar-refractivity contribution in [2.75, 3.05) is 7.11 Å². The summed E-state index contributed by atoms with van der Waals surface area (Å²) >= 11 is 0. The first-order valence-corrected chi connectivity index (χ1v) is 11.4. The third-order valence-corrected chi connectivity index (χ3v) is 6.22. The van der Waals surface area contributed by atoms with Crippen molar-refractivity contribution in [3.63, 3.8) is 0 Å². The first kappa shape index (κ1) is 24.6. The predicted octanol–water partition coefficient (Wildman–Crippen LogP) is 2.79. The van der Waals surface area contributed by atoms with Crippen LogP contribution in [0, 0.1) is 0 Å². The second-order valence-electron chi connectivity index (χ2n) is 8.47. The van der Waals surface area contributed by atoms with Crippen LogP contribution in [-0.4, -0.2) is 66.2 Å². The summed E-state index contributed by atoms with van der Waals surface area (Å²) in [7, 11) is 1.60. The maximum Gasteiger partial charge on any atom is 0.118 e. The van der Waals surface area contributed by atoms with Gasteiger partial charge in [-0.05, 0) is 23.3 Å². The summed E-state index contributed by atoms with van der Waals surface area (Å²) in [5, 5.41) is 22.1. The molecule has 2 aliphatic rings. The Kier molecular flexibility index (Phi) is 8.15. The van der Waals surface area contributed by atoms with E-state index in [-0.39, 0.29) is 18.8 Å². The minimum atomic E-state index is -1.15. The number of benzene rings is 2. The molecule has 7 heteroatoms. The van der Waals surface area contributed by atoms with Crippen LogP contribution in [0.2, 0.25) is 0 Å². The monoisotopic (exact) mass is 468 g/mol. The van der Waals surface area contributed by atoms with Crippen LogP contribution in [-0.2, 0) is 32.2 Å². The van der Waals surface area contributed by atoms with Gasteiger partial charge >= 0.3 is 0 Å². The van der Waals surface area contributed by atoms with Gasteiger partial charge in [0.1, 0.15) is 54.6 Å². The molecule has 4 rings (SSSR count). The third kappa shape index (κ3) is 5.58. The van der Waals surface area contributed by atoms with E-state index >= 15 is 0 Å². The number of hydrogen-bond acceptors (Lipinski definition) is 7. The zero-order chi connectivity index (χ0) is 24.1. The van der Waals surface area contributed by atoms with Crippen molar-refractivity contribution in [1.29, 1.82) is 0 Å². The van der Waals surface area contributed by atoms with Crippen LogP contribution in [0.4, 0.5) is 0 Å². The molecular formula is C27H32O7. The molecule has 34 heavy (non-hydrogen) atoms. The van der Waals surface area contributed by atoms with Gasteiger partial charge in [-0.1, -0.05) is 54.6 Å². The second-order valence-corrected chi connectivity index (χ2v) is 8.47. The fourth-order valence-corrected chi connectivity index (χ4v) is 4.23. The van der Waals surface area contributed by atoms with E-state index in [1.54, 1.807) is 13.2 Å². The lowest BCUT2D eigenvalue weighted by Crippen LogP contribution is -2.62. The molecule has 2 saturated heterocycles. The first-order chi connectivity index (χ1) is 16.5. The molecule has 7 nitrogen and oxygen atoms in total. The molecule has 0 aliphatic carbocycles. The lowest BCUT2D eigenvalue weighted by atomic mass is 9.90. The Morgan fingerprint density at radius 1 is 0.853 bits per heavy atom. The Bertz CT molecular complexity index is 932. The summed E-state index contributed by atoms with van der Waals surface area (Å²) in [6, 6.07) is 17.1. The van der Waals surface area contributed by atoms with Crippen molar-refractivity contribution >= 4 is 0 Å². The van der Waals surface area contributed by atoms with Gasteiger partial charge < -0.3 is 33.9 Å². The van der Waals surface area contributed by atoms with Gasteiger partial charge in [0.2, 0.25) is 0 Å². The fourth-order valence-electron chi connectivity index (χ4n) is 4.23. The first-order valence-electron chi connectivity index (χ1n) is 11.4. The van der Waals surface area contributed by atoms with Crippen molar-refractivity contribution in [2.45, 2.75) is 62.0 Å². The second kappa shape index (κ2) is 11.3. The number of aliphatic hydroxyl groups is 2. The molecule has 0 aromatic heterocycles. The zero-order valence-corrected chi connectivity index (χ0v) is 19.2. The molecule has 0 amide bonds. The van der Waals surface area contributed by atoms with E-state index < -0.39 is 36.6 Å². The van der Waals surface area contributed by atoms with Crippen LogP contribution in [0.1, 0.15) is 11.1 Å². The van der Waals surface area contributed by atoms with Gasteiger partial charge in [0.15, 0.2) is 0 Å². The Labute approximate surface area is 200 Å². The number of aliphatic hydroxyl groups excluding tert-OH is 2. The maximum atomic E-state index is 11.3. The van der Waals surface area contributed by atoms with Crippen LogP contribution < -0.4 is 4.74 Å². The van der Waals surface area contributed by atoms with Crippen LogP contribution in [0.5, 0.6) is 5.75 Å². The van der Waals surface area contributed by atoms with E-state index in [4.69, 9.17) is 23.7 Å². The van der Waals surface area contributed by atoms with Crippen molar-refractivity contribution in [3.05, 3.63) is 91.0 Å². The lowest BCUT2D eigenvalue weighted by Gasteiger charge is -2.44. The van der Waals surface area contributed by atoms with Crippen LogP contribution in [0.25, 0.3) is 0 Å². The third-order valence-electron chi connectivity index (χ3n) is 6.22. The minimum absolute atomic E-state index is 0.190. The molecule has 0 spiro atoms. The summed E-state index contributed by atoms with van der Waals surface area (Å²) in [5.41, 5.74) is 1.87. The van der Waals surface area contributed by atoms with Crippen LogP contribution >= 0.6 is 0 Å². The average molecular weight is 469 g/mol. The van der Waals surface area contributed by atoms with E-state index in [9.17, 15) is 10.2 Å². The van der Waals surface area contributed by atoms with Crippen molar-refractivity contribution in [2.24, 2.45) is 0 Å². The molecule has 2 aromatic rings. The normalized spacial score (nSPS) is 31.4. The molecule has 2 fully saturated rings. The molecule has 2 N–H and O–H groups in total. The number of epoxide rings is 1. The van der Waals surface area contributed by atoms with Crippen molar-refractivity contribution < 1.29 is 33.9 Å². The molecule has 0 radical (unpaired) electrons. The topological polar surface area (TPSA) is 89.9 Å². The quantitative estimate of drug-likeness (QED) is 0.387. The predicted molar refractivity (Wildman–Crippen MR) is 126 cm³/mol. The number of ether oxygens (including phenoxy) is 5. The average Bonchev–Trinajstić information content (AvgIpc) is 3.66. The summed E-state index contributed by atoms with van der Waals surface area (Å²) in [6.45, 7) is 8.10. The van der Waals surface area contributed by atoms with Gasteiger partial charge in [-0.2, -0.15) is 0 Å². The summed E-state index contributed by atoms with van der Waals surface area (Å²) in [6.07, 6.45) is -2.58. The van der Waals surface area contributed by atoms with Gasteiger partial charge in [-0.15, -0.1) is 13.2 Å². The highest BCUT2D eigenvalue weighted by Crippen LogP contribution is 2.36. The fraction of sp³-hybridized carbons (Fsp3) is 0.407. The molecule has 0 bridgehead atoms. The van der Waals surface area contributed by atoms with Crippen LogP contribution in [0.3, 0.4) is 0 Å². The highest BCUT2D eigenvalue weighted by Gasteiger charge is 2.54. The Morgan fingerprint density at radius 2 is 1.50 bits per heavy atom. The van der Waals surface area contributed by atoms with E-state index in [2.05, 4.69) is 13.2 Å². The van der Waals surface area contributed by atoms with E-state index in [1.165, 1.54) is 6.08 Å². The molecule has 2 aliphatic heterocycles. The van der Waals surface area contributed by atoms with Crippen molar-refractivity contribution in [1.82, 2.24) is 0 Å². The molecule has 2 heterocycles.